The summed E-state index contributed by atoms with van der Waals surface area (Å²) in [6.07, 6.45) is 1.57. The Kier molecular flexibility index (Phi) is 7.84. The lowest BCUT2D eigenvalue weighted by atomic mass is 10.2. The van der Waals surface area contributed by atoms with Gasteiger partial charge in [-0.2, -0.15) is 0 Å². The summed E-state index contributed by atoms with van der Waals surface area (Å²) in [5.41, 5.74) is 1.82. The number of anilines is 1. The molecule has 3 aromatic rings. The van der Waals surface area contributed by atoms with Gasteiger partial charge in [0.25, 0.3) is 16.8 Å². The summed E-state index contributed by atoms with van der Waals surface area (Å²) in [4.78, 5) is 49.0. The number of nitro benzene ring substituents is 1. The maximum Gasteiger partial charge on any atom is 0.294 e. The van der Waals surface area contributed by atoms with Crippen molar-refractivity contribution in [2.24, 2.45) is 0 Å². The van der Waals surface area contributed by atoms with Gasteiger partial charge in [0.1, 0.15) is 24.7 Å². The number of imide groups is 1. The molecule has 1 heterocycles. The standard InChI is InChI=1S/C26H21N3O7S/c1-35-21-11-7-19(8-12-21)27-24(30)15-28-25(31)23(37-26(28)32)14-17-5-9-22(10-6-17)36-16-18-3-2-4-20(13-18)29(33)34/h2-14H,15-16H2,1H3,(H,27,30)/b23-14+. The van der Waals surface area contributed by atoms with Gasteiger partial charge in [0.2, 0.25) is 5.91 Å². The van der Waals surface area contributed by atoms with Crippen LogP contribution in [0.3, 0.4) is 0 Å². The Morgan fingerprint density at radius 2 is 1.76 bits per heavy atom. The molecule has 11 heteroatoms. The van der Waals surface area contributed by atoms with Gasteiger partial charge in [0.15, 0.2) is 0 Å². The highest BCUT2D eigenvalue weighted by Gasteiger charge is 2.36. The van der Waals surface area contributed by atoms with Crippen molar-refractivity contribution >= 4 is 46.3 Å². The number of carbonyl (C=O) groups is 3. The fourth-order valence-electron chi connectivity index (χ4n) is 3.39. The fourth-order valence-corrected chi connectivity index (χ4v) is 4.23. The number of benzene rings is 3. The van der Waals surface area contributed by atoms with Gasteiger partial charge in [-0.3, -0.25) is 29.4 Å². The Hall–Kier alpha value is -4.64. The van der Waals surface area contributed by atoms with Crippen molar-refractivity contribution in [1.82, 2.24) is 4.90 Å². The molecule has 188 valence electrons. The van der Waals surface area contributed by atoms with E-state index in [2.05, 4.69) is 5.32 Å². The second-order valence-corrected chi connectivity index (χ2v) is 8.82. The predicted octanol–water partition coefficient (Wildman–Crippen LogP) is 4.86. The third-order valence-electron chi connectivity index (χ3n) is 5.25. The molecule has 10 nitrogen and oxygen atoms in total. The third-order valence-corrected chi connectivity index (χ3v) is 6.16. The molecule has 0 atom stereocenters. The first-order valence-electron chi connectivity index (χ1n) is 11.0. The lowest BCUT2D eigenvalue weighted by Gasteiger charge is -2.12. The number of nitrogens with zero attached hydrogens (tertiary/aromatic N) is 2. The smallest absolute Gasteiger partial charge is 0.294 e. The number of non-ortho nitro benzene ring substituents is 1. The minimum Gasteiger partial charge on any atom is -0.497 e. The molecule has 0 aromatic heterocycles. The number of thioether (sulfide) groups is 1. The zero-order valence-electron chi connectivity index (χ0n) is 19.6. The van der Waals surface area contributed by atoms with E-state index in [4.69, 9.17) is 9.47 Å². The van der Waals surface area contributed by atoms with Gasteiger partial charge in [-0.1, -0.05) is 24.3 Å². The molecule has 0 bridgehead atoms. The van der Waals surface area contributed by atoms with Crippen molar-refractivity contribution in [2.75, 3.05) is 19.0 Å². The number of hydrogen-bond donors (Lipinski definition) is 1. The topological polar surface area (TPSA) is 128 Å². The van der Waals surface area contributed by atoms with E-state index in [1.54, 1.807) is 66.7 Å². The van der Waals surface area contributed by atoms with Crippen molar-refractivity contribution < 1.29 is 28.8 Å². The second kappa shape index (κ2) is 11.4. The molecule has 1 aliphatic heterocycles. The van der Waals surface area contributed by atoms with E-state index in [-0.39, 0.29) is 17.2 Å². The predicted molar refractivity (Wildman–Crippen MR) is 138 cm³/mol. The lowest BCUT2D eigenvalue weighted by molar-refractivity contribution is -0.384. The van der Waals surface area contributed by atoms with Crippen LogP contribution in [0, 0.1) is 10.1 Å². The van der Waals surface area contributed by atoms with Crippen LogP contribution in [-0.4, -0.2) is 40.5 Å². The van der Waals surface area contributed by atoms with E-state index in [0.29, 0.717) is 28.3 Å². The van der Waals surface area contributed by atoms with Crippen LogP contribution in [0.15, 0.2) is 77.7 Å². The van der Waals surface area contributed by atoms with E-state index in [1.165, 1.54) is 19.2 Å². The average molecular weight is 520 g/mol. The van der Waals surface area contributed by atoms with E-state index in [1.807, 2.05) is 0 Å². The van der Waals surface area contributed by atoms with Gasteiger partial charge in [0.05, 0.1) is 16.9 Å². The first-order valence-corrected chi connectivity index (χ1v) is 11.8. The third kappa shape index (κ3) is 6.53. The average Bonchev–Trinajstić information content (AvgIpc) is 3.16. The Morgan fingerprint density at radius 3 is 2.43 bits per heavy atom. The molecule has 0 radical (unpaired) electrons. The van der Waals surface area contributed by atoms with E-state index >= 15 is 0 Å². The van der Waals surface area contributed by atoms with Gasteiger partial charge in [-0.05, 0) is 65.4 Å². The molecule has 4 rings (SSSR count). The van der Waals surface area contributed by atoms with E-state index in [9.17, 15) is 24.5 Å². The van der Waals surface area contributed by atoms with Gasteiger partial charge in [0, 0.05) is 17.8 Å². The number of nitrogens with one attached hydrogen (secondary N) is 1. The molecular weight excluding hydrogens is 498 g/mol. The molecule has 1 fully saturated rings. The van der Waals surface area contributed by atoms with Crippen LogP contribution in [-0.2, 0) is 16.2 Å². The number of carbonyl (C=O) groups excluding carboxylic acids is 3. The molecule has 1 saturated heterocycles. The van der Waals surface area contributed by atoms with Crippen molar-refractivity contribution in [3.05, 3.63) is 98.9 Å². The highest BCUT2D eigenvalue weighted by molar-refractivity contribution is 8.18. The van der Waals surface area contributed by atoms with Gasteiger partial charge < -0.3 is 14.8 Å². The number of nitro groups is 1. The van der Waals surface area contributed by atoms with E-state index in [0.717, 1.165) is 16.7 Å². The molecule has 0 spiro atoms. The summed E-state index contributed by atoms with van der Waals surface area (Å²) in [5.74, 6) is 0.118. The van der Waals surface area contributed by atoms with Crippen molar-refractivity contribution in [2.45, 2.75) is 6.61 Å². The minimum absolute atomic E-state index is 0.0105. The summed E-state index contributed by atoms with van der Waals surface area (Å²) >= 11 is 0.761. The Balaban J connectivity index is 1.34. The summed E-state index contributed by atoms with van der Waals surface area (Å²) in [7, 11) is 1.53. The van der Waals surface area contributed by atoms with Gasteiger partial charge >= 0.3 is 0 Å². The number of hydrogen-bond acceptors (Lipinski definition) is 8. The van der Waals surface area contributed by atoms with Crippen molar-refractivity contribution in [3.8, 4) is 11.5 Å². The highest BCUT2D eigenvalue weighted by atomic mass is 32.2. The van der Waals surface area contributed by atoms with Gasteiger partial charge in [-0.25, -0.2) is 0 Å². The van der Waals surface area contributed by atoms with Crippen molar-refractivity contribution in [3.63, 3.8) is 0 Å². The van der Waals surface area contributed by atoms with Gasteiger partial charge in [-0.15, -0.1) is 0 Å². The maximum atomic E-state index is 12.7. The number of rotatable bonds is 9. The van der Waals surface area contributed by atoms with Crippen LogP contribution in [0.25, 0.3) is 6.08 Å². The minimum atomic E-state index is -0.550. The number of ether oxygens (including phenoxy) is 2. The Morgan fingerprint density at radius 1 is 1.05 bits per heavy atom. The Labute approximate surface area is 216 Å². The molecule has 1 N–H and O–H groups in total. The molecule has 1 aliphatic rings. The normalized spacial score (nSPS) is 14.1. The summed E-state index contributed by atoms with van der Waals surface area (Å²) in [6, 6.07) is 19.7. The summed E-state index contributed by atoms with van der Waals surface area (Å²) in [6.45, 7) is -0.253. The SMILES string of the molecule is COc1ccc(NC(=O)CN2C(=O)S/C(=C/c3ccc(OCc4cccc([N+](=O)[O-])c4)cc3)C2=O)cc1. The lowest BCUT2D eigenvalue weighted by Crippen LogP contribution is -2.36. The number of amides is 3. The Bertz CT molecular complexity index is 1370. The molecule has 37 heavy (non-hydrogen) atoms. The zero-order chi connectivity index (χ0) is 26.4. The summed E-state index contributed by atoms with van der Waals surface area (Å²) in [5, 5.41) is 13.0. The molecule has 0 unspecified atom stereocenters. The highest BCUT2D eigenvalue weighted by Crippen LogP contribution is 2.32. The fraction of sp³-hybridized carbons (Fsp3) is 0.115. The zero-order valence-corrected chi connectivity index (χ0v) is 20.4. The monoisotopic (exact) mass is 519 g/mol. The van der Waals surface area contributed by atoms with Crippen LogP contribution >= 0.6 is 11.8 Å². The van der Waals surface area contributed by atoms with Crippen LogP contribution in [0.4, 0.5) is 16.2 Å². The molecule has 3 amide bonds. The van der Waals surface area contributed by atoms with Crippen LogP contribution in [0.5, 0.6) is 11.5 Å². The van der Waals surface area contributed by atoms with E-state index < -0.39 is 28.5 Å². The quantitative estimate of drug-likeness (QED) is 0.241. The van der Waals surface area contributed by atoms with Crippen molar-refractivity contribution in [1.29, 1.82) is 0 Å². The van der Waals surface area contributed by atoms with Crippen LogP contribution in [0.1, 0.15) is 11.1 Å². The van der Waals surface area contributed by atoms with Crippen LogP contribution < -0.4 is 14.8 Å². The first kappa shape index (κ1) is 25.5. The largest absolute Gasteiger partial charge is 0.497 e. The second-order valence-electron chi connectivity index (χ2n) is 7.83. The molecule has 3 aromatic carbocycles. The maximum absolute atomic E-state index is 12.7. The first-order chi connectivity index (χ1) is 17.8. The van der Waals surface area contributed by atoms with Crippen LogP contribution in [0.2, 0.25) is 0 Å². The molecular formula is C26H21N3O7S. The number of methoxy groups -OCH3 is 1. The molecule has 0 saturated carbocycles. The molecule has 0 aliphatic carbocycles. The summed E-state index contributed by atoms with van der Waals surface area (Å²) < 4.78 is 10.8.